The molecule has 0 radical (unpaired) electrons. The van der Waals surface area contributed by atoms with Crippen molar-refractivity contribution in [3.8, 4) is 0 Å². The summed E-state index contributed by atoms with van der Waals surface area (Å²) in [6, 6.07) is 28.1. The Morgan fingerprint density at radius 1 is 0.494 bits per heavy atom. The van der Waals surface area contributed by atoms with Gasteiger partial charge in [-0.05, 0) is 183 Å². The molecule has 11 rings (SSSR count). The van der Waals surface area contributed by atoms with E-state index in [2.05, 4.69) is 31.4 Å². The summed E-state index contributed by atoms with van der Waals surface area (Å²) in [6.45, 7) is 15.2. The van der Waals surface area contributed by atoms with Gasteiger partial charge in [-0.1, -0.05) is 124 Å². The number of carbonyl (C=O) groups excluding carboxylic acids is 3. The van der Waals surface area contributed by atoms with Gasteiger partial charge in [0, 0.05) is 70.6 Å². The second kappa shape index (κ2) is 29.6. The molecule has 13 heteroatoms. The second-order valence-electron chi connectivity index (χ2n) is 24.6. The first-order valence-electron chi connectivity index (χ1n) is 31.1. The van der Waals surface area contributed by atoms with Crippen LogP contribution in [0.15, 0.2) is 78.9 Å². The zero-order chi connectivity index (χ0) is 55.9. The lowest BCUT2D eigenvalue weighted by Crippen LogP contribution is -2.58. The number of ether oxygens (including phenoxy) is 2. The molecule has 0 bridgehead atoms. The molecule has 0 N–H and O–H groups in total. The van der Waals surface area contributed by atoms with Crippen molar-refractivity contribution in [1.29, 1.82) is 0 Å². The third kappa shape index (κ3) is 16.2. The van der Waals surface area contributed by atoms with Crippen molar-refractivity contribution in [3.63, 3.8) is 0 Å². The fourth-order valence-electron chi connectivity index (χ4n) is 15.1. The van der Waals surface area contributed by atoms with Crippen LogP contribution in [0, 0.1) is 5.92 Å². The fraction of sp³-hybridized carbons (Fsp3) is 0.682. The average Bonchev–Trinajstić information content (AvgIpc) is 4.54. The molecular formula is C66H98Cl2N6O5. The third-order valence-corrected chi connectivity index (χ3v) is 20.1. The van der Waals surface area contributed by atoms with Crippen LogP contribution in [0.3, 0.4) is 0 Å². The maximum atomic E-state index is 13.0. The maximum Gasteiger partial charge on any atom is 0.227 e. The van der Waals surface area contributed by atoms with E-state index in [0.29, 0.717) is 71.5 Å². The smallest absolute Gasteiger partial charge is 0.227 e. The summed E-state index contributed by atoms with van der Waals surface area (Å²) in [5.74, 6) is 1.32. The van der Waals surface area contributed by atoms with E-state index in [0.717, 1.165) is 74.8 Å². The van der Waals surface area contributed by atoms with Gasteiger partial charge in [0.05, 0.1) is 40.5 Å². The molecule has 436 valence electrons. The molecule has 3 saturated carbocycles. The van der Waals surface area contributed by atoms with E-state index in [9.17, 15) is 14.4 Å². The lowest BCUT2D eigenvalue weighted by molar-refractivity contribution is -0.137. The zero-order valence-electron chi connectivity index (χ0n) is 49.2. The quantitative estimate of drug-likeness (QED) is 0.177. The van der Waals surface area contributed by atoms with Crippen LogP contribution in [0.2, 0.25) is 10.0 Å². The molecule has 8 fully saturated rings. The summed E-state index contributed by atoms with van der Waals surface area (Å²) >= 11 is 12.0. The fourth-order valence-corrected chi connectivity index (χ4v) is 15.4. The summed E-state index contributed by atoms with van der Waals surface area (Å²) in [6.07, 6.45) is 24.1. The molecule has 11 nitrogen and oxygen atoms in total. The van der Waals surface area contributed by atoms with Gasteiger partial charge < -0.3 is 24.2 Å². The van der Waals surface area contributed by atoms with Crippen LogP contribution in [0.1, 0.15) is 159 Å². The van der Waals surface area contributed by atoms with Gasteiger partial charge in [0.1, 0.15) is 0 Å². The predicted molar refractivity (Wildman–Crippen MR) is 322 cm³/mol. The van der Waals surface area contributed by atoms with E-state index in [1.54, 1.807) is 12.1 Å². The van der Waals surface area contributed by atoms with Crippen LogP contribution < -0.4 is 0 Å². The number of likely N-dealkylation sites (tertiary alicyclic amines) is 3. The van der Waals surface area contributed by atoms with Crippen LogP contribution in [0.4, 0.5) is 0 Å². The largest absolute Gasteiger partial charge is 0.375 e. The first-order chi connectivity index (χ1) is 38.3. The van der Waals surface area contributed by atoms with E-state index in [1.807, 2.05) is 107 Å². The molecule has 3 amide bonds. The molecule has 3 aromatic rings. The first kappa shape index (κ1) is 61.5. The molecular weight excluding hydrogens is 1030 g/mol. The number of rotatable bonds is 12. The highest BCUT2D eigenvalue weighted by Gasteiger charge is 2.50. The number of amides is 3. The van der Waals surface area contributed by atoms with Crippen molar-refractivity contribution in [2.45, 2.75) is 209 Å². The lowest BCUT2D eigenvalue weighted by Gasteiger charge is -2.48. The van der Waals surface area contributed by atoms with Gasteiger partial charge in [-0.25, -0.2) is 0 Å². The first-order valence-corrected chi connectivity index (χ1v) is 31.8. The van der Waals surface area contributed by atoms with E-state index in [1.165, 1.54) is 116 Å². The monoisotopic (exact) mass is 1120 g/mol. The van der Waals surface area contributed by atoms with Crippen LogP contribution >= 0.6 is 23.2 Å². The Kier molecular flexibility index (Phi) is 23.1. The summed E-state index contributed by atoms with van der Waals surface area (Å²) in [5, 5.41) is 1.04. The van der Waals surface area contributed by atoms with Crippen molar-refractivity contribution in [1.82, 2.24) is 29.4 Å². The van der Waals surface area contributed by atoms with Crippen molar-refractivity contribution in [3.05, 3.63) is 106 Å². The minimum absolute atomic E-state index is 0.0620. The molecule has 8 aliphatic rings. The highest BCUT2D eigenvalue weighted by Crippen LogP contribution is 2.46. The topological polar surface area (TPSA) is 89.1 Å². The lowest BCUT2D eigenvalue weighted by atomic mass is 9.75. The Balaban J connectivity index is 0.000000154. The molecule has 0 aromatic heterocycles. The third-order valence-electron chi connectivity index (χ3n) is 19.4. The molecule has 79 heavy (non-hydrogen) atoms. The number of carbonyl (C=O) groups is 3. The summed E-state index contributed by atoms with van der Waals surface area (Å²) in [5.41, 5.74) is 3.29. The van der Waals surface area contributed by atoms with Crippen LogP contribution in [0.5, 0.6) is 0 Å². The van der Waals surface area contributed by atoms with Gasteiger partial charge >= 0.3 is 0 Å². The summed E-state index contributed by atoms with van der Waals surface area (Å²) in [7, 11) is 6.01. The van der Waals surface area contributed by atoms with E-state index < -0.39 is 0 Å². The van der Waals surface area contributed by atoms with Gasteiger partial charge in [0.2, 0.25) is 17.7 Å². The molecule has 5 aliphatic heterocycles. The van der Waals surface area contributed by atoms with Crippen LogP contribution in [-0.2, 0) is 43.1 Å². The van der Waals surface area contributed by atoms with E-state index in [4.69, 9.17) is 32.7 Å². The van der Waals surface area contributed by atoms with Crippen molar-refractivity contribution >= 4 is 40.9 Å². The minimum atomic E-state index is 0.0620. The summed E-state index contributed by atoms with van der Waals surface area (Å²) in [4.78, 5) is 52.8. The molecule has 5 saturated heterocycles. The Morgan fingerprint density at radius 2 is 0.937 bits per heavy atom. The Labute approximate surface area is 486 Å². The number of benzene rings is 3. The number of likely N-dealkylation sites (N-methyl/N-ethyl adjacent to an activating group) is 3. The predicted octanol–water partition coefficient (Wildman–Crippen LogP) is 12.2. The summed E-state index contributed by atoms with van der Waals surface area (Å²) < 4.78 is 12.6. The normalized spacial score (nSPS) is 29.9. The highest BCUT2D eigenvalue weighted by atomic mass is 35.5. The van der Waals surface area contributed by atoms with E-state index in [-0.39, 0.29) is 28.9 Å². The number of nitrogens with zero attached hydrogens (tertiary/aromatic N) is 6. The molecule has 5 heterocycles. The van der Waals surface area contributed by atoms with Gasteiger partial charge in [-0.3, -0.25) is 29.1 Å². The minimum Gasteiger partial charge on any atom is -0.375 e. The Bertz CT molecular complexity index is 2360. The van der Waals surface area contributed by atoms with Crippen molar-refractivity contribution < 1.29 is 23.9 Å². The second-order valence-corrected chi connectivity index (χ2v) is 25.4. The standard InChI is InChI=1S/C23H34N2O2.C22H32N2O2.C19H26Cl2N2O.C2H6/c1-18-15-23(27-17-18)11-10-20(21(16-23)25-12-6-7-13-25)24(2)22(26)14-19-8-4-3-5-9-19;1-23(21(25)16-18-8-3-2-4-9-18)19-10-12-22(11-7-15-26-22)17-20(19)24-13-5-6-14-24;1-22(19(24)13-14-8-9-15(20)16(21)12-14)17-6-2-3-7-18(17)23-10-4-5-11-23;1-2/h3-5,8-9,18,20-21H,6-7,10-17H2,1-2H3;2-4,8-9,19-20H,5-7,10-17H2,1H3;8-9,12,17-18H,2-7,10-11,13H2,1H3;1-2H3. The zero-order valence-corrected chi connectivity index (χ0v) is 50.8. The maximum absolute atomic E-state index is 13.0. The average molecular weight is 1130 g/mol. The van der Waals surface area contributed by atoms with Crippen LogP contribution in [-0.4, -0.2) is 168 Å². The SMILES string of the molecule is CC.CC1COC2(CCC(N(C)C(=O)Cc3ccccc3)C(N3CCCC3)C2)C1.CN(C(=O)Cc1ccc(Cl)c(Cl)c1)C1CCCCC1N1CCCC1.CN(C(=O)Cc1ccccc1)C1CCC2(CCCO2)CC1N1CCCC1. The Morgan fingerprint density at radius 3 is 1.39 bits per heavy atom. The van der Waals surface area contributed by atoms with Crippen molar-refractivity contribution in [2.24, 2.45) is 5.92 Å². The van der Waals surface area contributed by atoms with Crippen molar-refractivity contribution in [2.75, 3.05) is 73.6 Å². The van der Waals surface area contributed by atoms with Crippen LogP contribution in [0.25, 0.3) is 0 Å². The molecule has 3 aliphatic carbocycles. The van der Waals surface area contributed by atoms with Gasteiger partial charge in [-0.2, -0.15) is 0 Å². The number of halogens is 2. The van der Waals surface area contributed by atoms with Gasteiger partial charge in [0.15, 0.2) is 0 Å². The van der Waals surface area contributed by atoms with Gasteiger partial charge in [-0.15, -0.1) is 0 Å². The molecule has 9 atom stereocenters. The number of hydrogen-bond acceptors (Lipinski definition) is 8. The molecule has 2 spiro atoms. The Hall–Kier alpha value is -3.55. The van der Waals surface area contributed by atoms with E-state index >= 15 is 0 Å². The highest BCUT2D eigenvalue weighted by molar-refractivity contribution is 6.42. The molecule has 3 aromatic carbocycles. The number of hydrogen-bond donors (Lipinski definition) is 0. The molecule has 9 unspecified atom stereocenters. The van der Waals surface area contributed by atoms with Gasteiger partial charge in [0.25, 0.3) is 0 Å².